The molecule has 1 amide bonds. The molecule has 2 aliphatic heterocycles. The molecular weight excluding hydrogens is 466 g/mol. The molecule has 2 saturated heterocycles. The lowest BCUT2D eigenvalue weighted by molar-refractivity contribution is -0.150. The fraction of sp³-hybridized carbons (Fsp3) is 0.355. The standard InChI is InChI=1S/C31H33NO5/c1-35-28(34)20-18-25-17-19-27(33)32-29(22-11-5-2-6-12-22)26(37-31(25)32)21-36-30(23-13-7-3-8-14-23)24-15-9-4-10-16-24/h2-16,25-26,29-31H,17-21H2,1H3/t25-,26+,29-,31-/m1/s1. The highest BCUT2D eigenvalue weighted by Gasteiger charge is 2.50. The van der Waals surface area contributed by atoms with E-state index in [2.05, 4.69) is 24.3 Å². The first kappa shape index (κ1) is 25.2. The van der Waals surface area contributed by atoms with Crippen LogP contribution < -0.4 is 0 Å². The number of rotatable bonds is 9. The summed E-state index contributed by atoms with van der Waals surface area (Å²) in [5.41, 5.74) is 3.15. The number of benzene rings is 3. The summed E-state index contributed by atoms with van der Waals surface area (Å²) in [6.07, 6.45) is 1.08. The summed E-state index contributed by atoms with van der Waals surface area (Å²) in [6, 6.07) is 30.1. The number of piperidine rings is 1. The fourth-order valence-electron chi connectivity index (χ4n) is 5.55. The number of nitrogens with zero attached hydrogens (tertiary/aromatic N) is 1. The van der Waals surface area contributed by atoms with Gasteiger partial charge in [-0.25, -0.2) is 0 Å². The normalized spacial score (nSPS) is 23.2. The first-order valence-corrected chi connectivity index (χ1v) is 13.0. The Morgan fingerprint density at radius 2 is 1.54 bits per heavy atom. The lowest BCUT2D eigenvalue weighted by Gasteiger charge is -2.37. The van der Waals surface area contributed by atoms with Crippen molar-refractivity contribution in [2.75, 3.05) is 13.7 Å². The number of ether oxygens (including phenoxy) is 3. The Balaban J connectivity index is 1.42. The molecule has 0 aromatic heterocycles. The highest BCUT2D eigenvalue weighted by atomic mass is 16.6. The van der Waals surface area contributed by atoms with Crippen LogP contribution in [-0.2, 0) is 23.8 Å². The Hall–Kier alpha value is -3.48. The SMILES string of the molecule is COC(=O)CC[C@H]1CCC(=O)N2[C@@H]1O[C@@H](COC(c1ccccc1)c1ccccc1)[C@H]2c1ccccc1. The molecule has 3 aromatic rings. The molecule has 0 N–H and O–H groups in total. The van der Waals surface area contributed by atoms with Crippen LogP contribution in [-0.4, -0.2) is 42.8 Å². The Bertz CT molecular complexity index is 1130. The van der Waals surface area contributed by atoms with E-state index in [0.717, 1.165) is 16.7 Å². The van der Waals surface area contributed by atoms with E-state index in [1.54, 1.807) is 0 Å². The number of esters is 1. The van der Waals surface area contributed by atoms with Gasteiger partial charge < -0.3 is 19.1 Å². The molecule has 0 spiro atoms. The second kappa shape index (κ2) is 11.7. The smallest absolute Gasteiger partial charge is 0.305 e. The quantitative estimate of drug-likeness (QED) is 0.366. The van der Waals surface area contributed by atoms with Crippen molar-refractivity contribution >= 4 is 11.9 Å². The van der Waals surface area contributed by atoms with E-state index in [1.165, 1.54) is 7.11 Å². The van der Waals surface area contributed by atoms with Gasteiger partial charge in [0.25, 0.3) is 0 Å². The molecular formula is C31H33NO5. The highest BCUT2D eigenvalue weighted by molar-refractivity contribution is 5.78. The number of fused-ring (bicyclic) bond motifs is 1. The second-order valence-corrected chi connectivity index (χ2v) is 9.67. The summed E-state index contributed by atoms with van der Waals surface area (Å²) < 4.78 is 18.1. The lowest BCUT2D eigenvalue weighted by Crippen LogP contribution is -2.46. The molecule has 0 saturated carbocycles. The van der Waals surface area contributed by atoms with Crippen molar-refractivity contribution in [2.24, 2.45) is 5.92 Å². The van der Waals surface area contributed by atoms with Gasteiger partial charge in [-0.2, -0.15) is 0 Å². The predicted octanol–water partition coefficient (Wildman–Crippen LogP) is 5.45. The second-order valence-electron chi connectivity index (χ2n) is 9.67. The average molecular weight is 500 g/mol. The summed E-state index contributed by atoms with van der Waals surface area (Å²) in [4.78, 5) is 27.0. The zero-order valence-corrected chi connectivity index (χ0v) is 21.1. The van der Waals surface area contributed by atoms with E-state index >= 15 is 0 Å². The van der Waals surface area contributed by atoms with Crippen molar-refractivity contribution in [1.29, 1.82) is 0 Å². The van der Waals surface area contributed by atoms with E-state index < -0.39 is 6.23 Å². The van der Waals surface area contributed by atoms with Crippen LogP contribution in [0.3, 0.4) is 0 Å². The van der Waals surface area contributed by atoms with Crippen LogP contribution in [0.5, 0.6) is 0 Å². The third kappa shape index (κ3) is 5.60. The van der Waals surface area contributed by atoms with Gasteiger partial charge >= 0.3 is 5.97 Å². The first-order valence-electron chi connectivity index (χ1n) is 13.0. The largest absolute Gasteiger partial charge is 0.469 e. The average Bonchev–Trinajstić information content (AvgIpc) is 3.35. The minimum atomic E-state index is -0.392. The molecule has 37 heavy (non-hydrogen) atoms. The molecule has 0 aliphatic carbocycles. The Kier molecular flexibility index (Phi) is 7.97. The van der Waals surface area contributed by atoms with Crippen LogP contribution in [0.4, 0.5) is 0 Å². The van der Waals surface area contributed by atoms with Gasteiger partial charge in [0.05, 0.1) is 19.8 Å². The highest BCUT2D eigenvalue weighted by Crippen LogP contribution is 2.44. The summed E-state index contributed by atoms with van der Waals surface area (Å²) in [5.74, 6) is -0.0973. The van der Waals surface area contributed by atoms with Crippen LogP contribution in [0.2, 0.25) is 0 Å². The number of hydrogen-bond donors (Lipinski definition) is 0. The maximum Gasteiger partial charge on any atom is 0.305 e. The van der Waals surface area contributed by atoms with Crippen molar-refractivity contribution < 1.29 is 23.8 Å². The first-order chi connectivity index (χ1) is 18.2. The van der Waals surface area contributed by atoms with Crippen molar-refractivity contribution in [3.05, 3.63) is 108 Å². The minimum absolute atomic E-state index is 0.0621. The van der Waals surface area contributed by atoms with E-state index in [9.17, 15) is 9.59 Å². The van der Waals surface area contributed by atoms with Gasteiger partial charge in [-0.3, -0.25) is 9.59 Å². The molecule has 192 valence electrons. The Labute approximate surface area is 218 Å². The van der Waals surface area contributed by atoms with E-state index in [-0.39, 0.29) is 36.0 Å². The maximum absolute atomic E-state index is 13.2. The Morgan fingerprint density at radius 3 is 2.14 bits per heavy atom. The number of hydrogen-bond acceptors (Lipinski definition) is 5. The summed E-state index contributed by atoms with van der Waals surface area (Å²) in [6.45, 7) is 0.317. The summed E-state index contributed by atoms with van der Waals surface area (Å²) >= 11 is 0. The lowest BCUT2D eigenvalue weighted by atomic mass is 9.89. The van der Waals surface area contributed by atoms with E-state index in [1.807, 2.05) is 71.6 Å². The zero-order valence-electron chi connectivity index (χ0n) is 21.1. The van der Waals surface area contributed by atoms with Gasteiger partial charge in [-0.05, 0) is 29.5 Å². The van der Waals surface area contributed by atoms with Gasteiger partial charge in [-0.1, -0.05) is 91.0 Å². The van der Waals surface area contributed by atoms with Crippen LogP contribution in [0.1, 0.15) is 54.5 Å². The molecule has 6 nitrogen and oxygen atoms in total. The molecule has 5 rings (SSSR count). The number of amides is 1. The van der Waals surface area contributed by atoms with Gasteiger partial charge in [-0.15, -0.1) is 0 Å². The van der Waals surface area contributed by atoms with E-state index in [4.69, 9.17) is 14.2 Å². The van der Waals surface area contributed by atoms with Crippen LogP contribution >= 0.6 is 0 Å². The molecule has 6 heteroatoms. The summed E-state index contributed by atoms with van der Waals surface area (Å²) in [7, 11) is 1.40. The van der Waals surface area contributed by atoms with Gasteiger partial charge in [0, 0.05) is 18.8 Å². The number of methoxy groups -OCH3 is 1. The molecule has 0 bridgehead atoms. The molecule has 0 unspecified atom stereocenters. The molecule has 0 radical (unpaired) electrons. The van der Waals surface area contributed by atoms with Gasteiger partial charge in [0.2, 0.25) is 5.91 Å². The molecule has 2 fully saturated rings. The topological polar surface area (TPSA) is 65.1 Å². The van der Waals surface area contributed by atoms with Gasteiger partial charge in [0.15, 0.2) is 0 Å². The monoisotopic (exact) mass is 499 g/mol. The van der Waals surface area contributed by atoms with Gasteiger partial charge in [0.1, 0.15) is 18.4 Å². The molecule has 3 aromatic carbocycles. The fourth-order valence-corrected chi connectivity index (χ4v) is 5.55. The molecule has 2 aliphatic rings. The van der Waals surface area contributed by atoms with Crippen molar-refractivity contribution in [3.63, 3.8) is 0 Å². The van der Waals surface area contributed by atoms with E-state index in [0.29, 0.717) is 32.3 Å². The minimum Gasteiger partial charge on any atom is -0.469 e. The number of carbonyl (C=O) groups excluding carboxylic acids is 2. The predicted molar refractivity (Wildman–Crippen MR) is 139 cm³/mol. The van der Waals surface area contributed by atoms with Crippen molar-refractivity contribution in [1.82, 2.24) is 4.90 Å². The van der Waals surface area contributed by atoms with Crippen LogP contribution in [0.25, 0.3) is 0 Å². The third-order valence-corrected chi connectivity index (χ3v) is 7.38. The zero-order chi connectivity index (χ0) is 25.6. The Morgan fingerprint density at radius 1 is 0.946 bits per heavy atom. The maximum atomic E-state index is 13.2. The summed E-state index contributed by atoms with van der Waals surface area (Å²) in [5, 5.41) is 0. The van der Waals surface area contributed by atoms with Crippen LogP contribution in [0, 0.1) is 5.92 Å². The third-order valence-electron chi connectivity index (χ3n) is 7.38. The van der Waals surface area contributed by atoms with Crippen molar-refractivity contribution in [3.8, 4) is 0 Å². The van der Waals surface area contributed by atoms with Crippen LogP contribution in [0.15, 0.2) is 91.0 Å². The molecule has 4 atom stereocenters. The number of carbonyl (C=O) groups is 2. The molecule has 2 heterocycles. The van der Waals surface area contributed by atoms with Crippen molar-refractivity contribution in [2.45, 2.75) is 50.2 Å².